The number of amides is 1. The second-order valence-electron chi connectivity index (χ2n) is 9.42. The van der Waals surface area contributed by atoms with Crippen molar-refractivity contribution in [3.8, 4) is 5.82 Å². The number of methoxy groups -OCH3 is 1. The van der Waals surface area contributed by atoms with E-state index in [2.05, 4.69) is 15.5 Å². The van der Waals surface area contributed by atoms with Crippen LogP contribution in [-0.4, -0.2) is 55.9 Å². The van der Waals surface area contributed by atoms with E-state index >= 15 is 0 Å². The predicted octanol–water partition coefficient (Wildman–Crippen LogP) is 2.16. The Morgan fingerprint density at radius 2 is 2.23 bits per heavy atom. The van der Waals surface area contributed by atoms with Gasteiger partial charge < -0.3 is 15.2 Å². The number of aryl methyl sites for hydroxylation is 1. The topological polar surface area (TPSA) is 94.2 Å². The zero-order chi connectivity index (χ0) is 20.7. The monoisotopic (exact) mass is 413 g/mol. The highest BCUT2D eigenvalue weighted by molar-refractivity contribution is 5.97. The van der Waals surface area contributed by atoms with Crippen LogP contribution in [0.5, 0.6) is 0 Å². The largest absolute Gasteiger partial charge is 0.390 e. The summed E-state index contributed by atoms with van der Waals surface area (Å²) < 4.78 is 8.69. The third-order valence-corrected chi connectivity index (χ3v) is 7.38. The number of fused-ring (bicyclic) bond motifs is 2. The highest BCUT2D eigenvalue weighted by Gasteiger charge is 2.53. The summed E-state index contributed by atoms with van der Waals surface area (Å²) in [6, 6.07) is 1.96. The lowest BCUT2D eigenvalue weighted by Crippen LogP contribution is -2.42. The predicted molar refractivity (Wildman–Crippen MR) is 110 cm³/mol. The SMILES string of the molecule is COCCCn1ncc(C(=O)N[C@H]2CCC3CC4C[C@@](O)(C3)CC42)c1-n1cccn1. The van der Waals surface area contributed by atoms with Gasteiger partial charge in [0, 0.05) is 38.7 Å². The van der Waals surface area contributed by atoms with Gasteiger partial charge in [-0.3, -0.25) is 4.79 Å². The van der Waals surface area contributed by atoms with E-state index in [0.29, 0.717) is 42.3 Å². The minimum absolute atomic E-state index is 0.100. The molecule has 2 heterocycles. The molecule has 5 atom stereocenters. The maximum absolute atomic E-state index is 13.4. The number of hydrogen-bond acceptors (Lipinski definition) is 5. The summed E-state index contributed by atoms with van der Waals surface area (Å²) in [5.74, 6) is 2.09. The number of aliphatic hydroxyl groups is 1. The van der Waals surface area contributed by atoms with Gasteiger partial charge in [-0.1, -0.05) is 0 Å². The molecule has 2 N–H and O–H groups in total. The third kappa shape index (κ3) is 3.56. The molecule has 0 spiro atoms. The van der Waals surface area contributed by atoms with Crippen molar-refractivity contribution in [3.63, 3.8) is 0 Å². The van der Waals surface area contributed by atoms with Crippen LogP contribution < -0.4 is 5.32 Å². The quantitative estimate of drug-likeness (QED) is 0.679. The molecule has 5 rings (SSSR count). The van der Waals surface area contributed by atoms with Gasteiger partial charge in [0.1, 0.15) is 5.56 Å². The van der Waals surface area contributed by atoms with E-state index in [4.69, 9.17) is 4.74 Å². The molecule has 8 nitrogen and oxygen atoms in total. The van der Waals surface area contributed by atoms with Crippen molar-refractivity contribution >= 4 is 5.91 Å². The van der Waals surface area contributed by atoms with Crippen molar-refractivity contribution in [1.29, 1.82) is 0 Å². The summed E-state index contributed by atoms with van der Waals surface area (Å²) in [4.78, 5) is 13.4. The molecule has 30 heavy (non-hydrogen) atoms. The van der Waals surface area contributed by atoms with Crippen LogP contribution in [-0.2, 0) is 11.3 Å². The van der Waals surface area contributed by atoms with Gasteiger partial charge in [-0.15, -0.1) is 0 Å². The number of carbonyl (C=O) groups is 1. The maximum atomic E-state index is 13.4. The number of nitrogens with one attached hydrogen (secondary N) is 1. The van der Waals surface area contributed by atoms with Gasteiger partial charge in [0.2, 0.25) is 0 Å². The van der Waals surface area contributed by atoms with Gasteiger partial charge in [-0.05, 0) is 68.8 Å². The molecular formula is C22H31N5O3. The molecule has 0 aromatic carbocycles. The molecule has 0 aliphatic heterocycles. The Balaban J connectivity index is 1.37. The molecule has 0 saturated heterocycles. The number of ether oxygens (including phenoxy) is 1. The molecule has 0 radical (unpaired) electrons. The highest BCUT2D eigenvalue weighted by Crippen LogP contribution is 2.55. The normalized spacial score (nSPS) is 32.3. The molecule has 3 unspecified atom stereocenters. The van der Waals surface area contributed by atoms with Crippen LogP contribution >= 0.6 is 0 Å². The molecule has 3 saturated carbocycles. The number of rotatable bonds is 7. The van der Waals surface area contributed by atoms with E-state index in [1.807, 2.05) is 16.9 Å². The maximum Gasteiger partial charge on any atom is 0.256 e. The summed E-state index contributed by atoms with van der Waals surface area (Å²) in [5.41, 5.74) is 0.0347. The Hall–Kier alpha value is -2.19. The van der Waals surface area contributed by atoms with Crippen molar-refractivity contribution < 1.29 is 14.6 Å². The van der Waals surface area contributed by atoms with Gasteiger partial charge in [0.05, 0.1) is 11.8 Å². The van der Waals surface area contributed by atoms with Gasteiger partial charge in [-0.25, -0.2) is 9.36 Å². The average Bonchev–Trinajstić information content (AvgIpc) is 3.41. The van der Waals surface area contributed by atoms with Crippen molar-refractivity contribution in [3.05, 3.63) is 30.2 Å². The molecule has 2 aromatic rings. The summed E-state index contributed by atoms with van der Waals surface area (Å²) >= 11 is 0. The zero-order valence-corrected chi connectivity index (χ0v) is 17.5. The van der Waals surface area contributed by atoms with Crippen molar-refractivity contribution in [1.82, 2.24) is 24.9 Å². The fourth-order valence-electron chi connectivity index (χ4n) is 6.24. The second-order valence-corrected chi connectivity index (χ2v) is 9.42. The van der Waals surface area contributed by atoms with Crippen LogP contribution in [0.4, 0.5) is 0 Å². The van der Waals surface area contributed by atoms with Crippen LogP contribution in [0.15, 0.2) is 24.7 Å². The minimum atomic E-state index is -0.506. The summed E-state index contributed by atoms with van der Waals surface area (Å²) in [5, 5.41) is 23.1. The minimum Gasteiger partial charge on any atom is -0.390 e. The second kappa shape index (κ2) is 7.81. The lowest BCUT2D eigenvalue weighted by molar-refractivity contribution is -0.00594. The number of carbonyl (C=O) groups excluding carboxylic acids is 1. The average molecular weight is 414 g/mol. The molecule has 3 fully saturated rings. The van der Waals surface area contributed by atoms with Crippen molar-refractivity contribution in [2.24, 2.45) is 17.8 Å². The molecule has 1 amide bonds. The van der Waals surface area contributed by atoms with E-state index in [-0.39, 0.29) is 11.9 Å². The molecule has 162 valence electrons. The molecular weight excluding hydrogens is 382 g/mol. The van der Waals surface area contributed by atoms with Crippen LogP contribution in [0.25, 0.3) is 5.82 Å². The Labute approximate surface area is 176 Å². The van der Waals surface area contributed by atoms with Crippen LogP contribution in [0.1, 0.15) is 55.3 Å². The Morgan fingerprint density at radius 3 is 3.03 bits per heavy atom. The van der Waals surface area contributed by atoms with Gasteiger partial charge >= 0.3 is 0 Å². The standard InChI is InChI=1S/C22H31N5O3/c1-30-9-3-8-27-21(26-7-2-6-23-26)18(14-24-27)20(28)25-19-5-4-15-10-16-12-22(29,11-15)13-17(16)19/h2,6-7,14-17,19,29H,3-5,8-13H2,1H3,(H,25,28)/t15?,16?,17?,19-,22-/m0/s1. The molecule has 3 aliphatic rings. The Kier molecular flexibility index (Phi) is 5.14. The summed E-state index contributed by atoms with van der Waals surface area (Å²) in [7, 11) is 1.68. The van der Waals surface area contributed by atoms with E-state index in [1.165, 1.54) is 6.42 Å². The first-order valence-corrected chi connectivity index (χ1v) is 11.1. The van der Waals surface area contributed by atoms with Crippen molar-refractivity contribution in [2.45, 2.75) is 63.1 Å². The van der Waals surface area contributed by atoms with Gasteiger partial charge in [-0.2, -0.15) is 10.2 Å². The lowest BCUT2D eigenvalue weighted by Gasteiger charge is -2.33. The first-order chi connectivity index (χ1) is 14.6. The van der Waals surface area contributed by atoms with E-state index in [0.717, 1.165) is 38.5 Å². The molecule has 2 aromatic heterocycles. The zero-order valence-electron chi connectivity index (χ0n) is 17.5. The summed E-state index contributed by atoms with van der Waals surface area (Å²) in [6.45, 7) is 1.29. The van der Waals surface area contributed by atoms with Crippen molar-refractivity contribution in [2.75, 3.05) is 13.7 Å². The van der Waals surface area contributed by atoms with Crippen LogP contribution in [0.3, 0.4) is 0 Å². The first-order valence-electron chi connectivity index (χ1n) is 11.1. The number of aromatic nitrogens is 4. The van der Waals surface area contributed by atoms with Crippen LogP contribution in [0, 0.1) is 17.8 Å². The summed E-state index contributed by atoms with van der Waals surface area (Å²) in [6.07, 6.45) is 11.9. The van der Waals surface area contributed by atoms with E-state index in [9.17, 15) is 9.90 Å². The molecule has 3 bridgehead atoms. The fraction of sp³-hybridized carbons (Fsp3) is 0.682. The third-order valence-electron chi connectivity index (χ3n) is 7.38. The van der Waals surface area contributed by atoms with E-state index < -0.39 is 5.60 Å². The van der Waals surface area contributed by atoms with Gasteiger partial charge in [0.25, 0.3) is 5.91 Å². The van der Waals surface area contributed by atoms with E-state index in [1.54, 1.807) is 24.2 Å². The lowest BCUT2D eigenvalue weighted by atomic mass is 9.77. The van der Waals surface area contributed by atoms with Gasteiger partial charge in [0.15, 0.2) is 5.82 Å². The smallest absolute Gasteiger partial charge is 0.256 e. The fourth-order valence-corrected chi connectivity index (χ4v) is 6.24. The van der Waals surface area contributed by atoms with Crippen LogP contribution in [0.2, 0.25) is 0 Å². The Bertz CT molecular complexity index is 895. The Morgan fingerprint density at radius 1 is 1.33 bits per heavy atom. The number of hydrogen-bond donors (Lipinski definition) is 2. The molecule has 8 heteroatoms. The highest BCUT2D eigenvalue weighted by atomic mass is 16.5. The first kappa shape index (κ1) is 19.8. The molecule has 3 aliphatic carbocycles. The number of nitrogens with zero attached hydrogens (tertiary/aromatic N) is 4.